The molecule has 0 fully saturated rings. The maximum Gasteiger partial charge on any atom is 0.303 e. The molecule has 0 atom stereocenters. The van der Waals surface area contributed by atoms with Gasteiger partial charge in [-0.2, -0.15) is 0 Å². The fourth-order valence-corrected chi connectivity index (χ4v) is 4.00. The number of carboxylic acid groups (broad SMARTS) is 1. The fourth-order valence-electron chi connectivity index (χ4n) is 3.83. The molecule has 1 heterocycles. The molecule has 0 aliphatic rings. The van der Waals surface area contributed by atoms with Crippen LogP contribution in [0.4, 0.5) is 11.4 Å². The molecule has 0 saturated carbocycles. The van der Waals surface area contributed by atoms with Crippen molar-refractivity contribution in [1.29, 1.82) is 0 Å². The highest BCUT2D eigenvalue weighted by atomic mass is 35.5. The number of pyridine rings is 1. The second-order valence-electron chi connectivity index (χ2n) is 8.19. The van der Waals surface area contributed by atoms with Gasteiger partial charge in [0.15, 0.2) is 0 Å². The Morgan fingerprint density at radius 3 is 2.26 bits per heavy atom. The van der Waals surface area contributed by atoms with E-state index in [2.05, 4.69) is 4.98 Å². The number of carboxylic acids is 1. The largest absolute Gasteiger partial charge is 0.487 e. The molecule has 35 heavy (non-hydrogen) atoms. The van der Waals surface area contributed by atoms with Gasteiger partial charge in [0.2, 0.25) is 5.91 Å². The summed E-state index contributed by atoms with van der Waals surface area (Å²) in [6.07, 6.45) is 1.40. The number of anilines is 2. The maximum atomic E-state index is 12.4. The van der Waals surface area contributed by atoms with Crippen molar-refractivity contribution < 1.29 is 19.4 Å². The molecule has 1 N–H and O–H groups in total. The summed E-state index contributed by atoms with van der Waals surface area (Å²) < 4.78 is 5.90. The first-order valence-electron chi connectivity index (χ1n) is 11.3. The topological polar surface area (TPSA) is 79.7 Å². The lowest BCUT2D eigenvalue weighted by Crippen LogP contribution is -2.22. The summed E-state index contributed by atoms with van der Waals surface area (Å²) >= 11 is 6.07. The van der Waals surface area contributed by atoms with Crippen LogP contribution in [0.15, 0.2) is 78.9 Å². The van der Waals surface area contributed by atoms with Crippen molar-refractivity contribution in [3.05, 3.63) is 95.1 Å². The first kappa shape index (κ1) is 24.2. The van der Waals surface area contributed by atoms with E-state index in [0.29, 0.717) is 30.2 Å². The van der Waals surface area contributed by atoms with Gasteiger partial charge in [-0.25, -0.2) is 4.98 Å². The highest BCUT2D eigenvalue weighted by Gasteiger charge is 2.14. The number of fused-ring (bicyclic) bond motifs is 1. The second-order valence-corrected chi connectivity index (χ2v) is 8.63. The minimum absolute atomic E-state index is 0.115. The van der Waals surface area contributed by atoms with Gasteiger partial charge in [-0.3, -0.25) is 14.5 Å². The van der Waals surface area contributed by atoms with Crippen molar-refractivity contribution in [3.8, 4) is 5.75 Å². The number of aryl methyl sites for hydroxylation is 1. The van der Waals surface area contributed by atoms with E-state index < -0.39 is 5.97 Å². The molecule has 0 saturated heterocycles. The summed E-state index contributed by atoms with van der Waals surface area (Å²) in [7, 11) is 0. The summed E-state index contributed by atoms with van der Waals surface area (Å²) in [5.74, 6) is -0.245. The summed E-state index contributed by atoms with van der Waals surface area (Å²) in [5.41, 5.74) is 4.11. The summed E-state index contributed by atoms with van der Waals surface area (Å²) in [4.78, 5) is 29.3. The number of hydrogen-bond donors (Lipinski definition) is 1. The number of aliphatic carboxylic acids is 1. The zero-order chi connectivity index (χ0) is 24.8. The SMILES string of the molecule is CC(=O)N(c1ccc(CCCC(=O)O)cc1)c1ccc(OCc2ccc3ccc(Cl)cc3n2)cc1. The third-order valence-electron chi connectivity index (χ3n) is 5.56. The minimum atomic E-state index is -0.796. The van der Waals surface area contributed by atoms with E-state index in [1.165, 1.54) is 6.92 Å². The Labute approximate surface area is 208 Å². The molecule has 1 amide bonds. The van der Waals surface area contributed by atoms with Gasteiger partial charge in [0.05, 0.1) is 11.2 Å². The molecule has 0 bridgehead atoms. The molecule has 0 spiro atoms. The smallest absolute Gasteiger partial charge is 0.303 e. The molecular formula is C28H25ClN2O4. The third kappa shape index (κ3) is 6.37. The van der Waals surface area contributed by atoms with Crippen molar-refractivity contribution in [3.63, 3.8) is 0 Å². The summed E-state index contributed by atoms with van der Waals surface area (Å²) in [5, 5.41) is 10.4. The fraction of sp³-hybridized carbons (Fsp3) is 0.179. The van der Waals surface area contributed by atoms with E-state index >= 15 is 0 Å². The number of aromatic nitrogens is 1. The number of amides is 1. The lowest BCUT2D eigenvalue weighted by Gasteiger charge is -2.22. The summed E-state index contributed by atoms with van der Waals surface area (Å²) in [6, 6.07) is 24.4. The van der Waals surface area contributed by atoms with Crippen LogP contribution in [0.1, 0.15) is 31.0 Å². The van der Waals surface area contributed by atoms with Gasteiger partial charge >= 0.3 is 5.97 Å². The van der Waals surface area contributed by atoms with Crippen LogP contribution < -0.4 is 9.64 Å². The Kier molecular flexibility index (Phi) is 7.63. The van der Waals surface area contributed by atoms with Crippen molar-refractivity contribution in [2.24, 2.45) is 0 Å². The van der Waals surface area contributed by atoms with Crippen LogP contribution in [0.5, 0.6) is 5.75 Å². The highest BCUT2D eigenvalue weighted by Crippen LogP contribution is 2.28. The van der Waals surface area contributed by atoms with Gasteiger partial charge in [-0.15, -0.1) is 0 Å². The zero-order valence-corrected chi connectivity index (χ0v) is 20.0. The Bertz CT molecular complexity index is 1340. The Hall–Kier alpha value is -3.90. The molecule has 6 nitrogen and oxygen atoms in total. The number of nitrogens with zero attached hydrogens (tertiary/aromatic N) is 2. The average Bonchev–Trinajstić information content (AvgIpc) is 2.84. The molecule has 7 heteroatoms. The maximum absolute atomic E-state index is 12.4. The molecule has 0 unspecified atom stereocenters. The van der Waals surface area contributed by atoms with Crippen LogP contribution in [0.3, 0.4) is 0 Å². The molecule has 0 aliphatic heterocycles. The predicted molar refractivity (Wildman–Crippen MR) is 137 cm³/mol. The molecule has 0 aliphatic carbocycles. The van der Waals surface area contributed by atoms with Crippen LogP contribution >= 0.6 is 11.6 Å². The molecule has 4 rings (SSSR count). The van der Waals surface area contributed by atoms with Crippen LogP contribution in [-0.4, -0.2) is 22.0 Å². The molecular weight excluding hydrogens is 464 g/mol. The van der Waals surface area contributed by atoms with Gasteiger partial charge < -0.3 is 9.84 Å². The van der Waals surface area contributed by atoms with Gasteiger partial charge in [0.25, 0.3) is 0 Å². The predicted octanol–water partition coefficient (Wildman–Crippen LogP) is 6.56. The van der Waals surface area contributed by atoms with E-state index in [4.69, 9.17) is 21.4 Å². The number of hydrogen-bond acceptors (Lipinski definition) is 4. The normalized spacial score (nSPS) is 10.8. The monoisotopic (exact) mass is 488 g/mol. The van der Waals surface area contributed by atoms with Crippen molar-refractivity contribution in [1.82, 2.24) is 4.98 Å². The number of halogens is 1. The van der Waals surface area contributed by atoms with E-state index in [9.17, 15) is 9.59 Å². The first-order valence-corrected chi connectivity index (χ1v) is 11.7. The first-order chi connectivity index (χ1) is 16.9. The number of benzene rings is 3. The third-order valence-corrected chi connectivity index (χ3v) is 5.79. The number of carbonyl (C=O) groups is 2. The van der Waals surface area contributed by atoms with Crippen molar-refractivity contribution in [2.75, 3.05) is 4.90 Å². The Morgan fingerprint density at radius 1 is 0.943 bits per heavy atom. The van der Waals surface area contributed by atoms with Gasteiger partial charge in [0.1, 0.15) is 12.4 Å². The summed E-state index contributed by atoms with van der Waals surface area (Å²) in [6.45, 7) is 1.82. The van der Waals surface area contributed by atoms with Crippen molar-refractivity contribution in [2.45, 2.75) is 32.8 Å². The van der Waals surface area contributed by atoms with Gasteiger partial charge in [0, 0.05) is 35.1 Å². The number of ether oxygens (including phenoxy) is 1. The molecule has 3 aromatic carbocycles. The Balaban J connectivity index is 1.42. The average molecular weight is 489 g/mol. The van der Waals surface area contributed by atoms with E-state index in [1.807, 2.05) is 78.9 Å². The van der Waals surface area contributed by atoms with Crippen LogP contribution in [0.2, 0.25) is 5.02 Å². The molecule has 1 aromatic heterocycles. The number of carbonyl (C=O) groups excluding carboxylic acids is 1. The second kappa shape index (κ2) is 11.0. The van der Waals surface area contributed by atoms with Crippen LogP contribution in [0, 0.1) is 0 Å². The quantitative estimate of drug-likeness (QED) is 0.288. The number of rotatable bonds is 9. The lowest BCUT2D eigenvalue weighted by molar-refractivity contribution is -0.137. The molecule has 0 radical (unpaired) electrons. The Morgan fingerprint density at radius 2 is 1.60 bits per heavy atom. The van der Waals surface area contributed by atoms with Gasteiger partial charge in [-0.05, 0) is 73.0 Å². The molecule has 178 valence electrons. The lowest BCUT2D eigenvalue weighted by atomic mass is 10.1. The van der Waals surface area contributed by atoms with Crippen LogP contribution in [0.25, 0.3) is 10.9 Å². The molecule has 4 aromatic rings. The van der Waals surface area contributed by atoms with E-state index in [-0.39, 0.29) is 12.3 Å². The van der Waals surface area contributed by atoms with Crippen LogP contribution in [-0.2, 0) is 22.6 Å². The van der Waals surface area contributed by atoms with Crippen molar-refractivity contribution >= 4 is 45.8 Å². The minimum Gasteiger partial charge on any atom is -0.487 e. The van der Waals surface area contributed by atoms with Gasteiger partial charge in [-0.1, -0.05) is 35.9 Å². The zero-order valence-electron chi connectivity index (χ0n) is 19.3. The highest BCUT2D eigenvalue weighted by molar-refractivity contribution is 6.31. The van der Waals surface area contributed by atoms with E-state index in [0.717, 1.165) is 33.5 Å². The van der Waals surface area contributed by atoms with E-state index in [1.54, 1.807) is 4.90 Å². The standard InChI is InChI=1S/C28H25ClN2O4/c1-19(32)31(24-11-5-20(6-12-24)3-2-4-28(33)34)25-13-15-26(16-14-25)35-18-23-10-8-21-7-9-22(29)17-27(21)30-23/h5-17H,2-4,18H2,1H3,(H,33,34).